The predicted molar refractivity (Wildman–Crippen MR) is 66.6 cm³/mol. The molecule has 1 aromatic carbocycles. The second-order valence-corrected chi connectivity index (χ2v) is 4.47. The zero-order valence-electron chi connectivity index (χ0n) is 9.97. The van der Waals surface area contributed by atoms with Crippen LogP contribution in [0.2, 0.25) is 0 Å². The number of anilines is 1. The van der Waals surface area contributed by atoms with E-state index in [-0.39, 0.29) is 11.4 Å². The summed E-state index contributed by atoms with van der Waals surface area (Å²) < 4.78 is 14.6. The number of halogens is 1. The van der Waals surface area contributed by atoms with Gasteiger partial charge in [-0.15, -0.1) is 5.10 Å². The first-order valence-electron chi connectivity index (χ1n) is 5.88. The van der Waals surface area contributed by atoms with Gasteiger partial charge < -0.3 is 5.73 Å². The Morgan fingerprint density at radius 2 is 2.21 bits per heavy atom. The zero-order chi connectivity index (χ0) is 13.6. The van der Waals surface area contributed by atoms with Gasteiger partial charge in [0.05, 0.1) is 11.0 Å². The Balaban J connectivity index is 2.23. The topological polar surface area (TPSA) is 87.0 Å². The number of nitrogens with two attached hydrogens (primary N) is 1. The summed E-state index contributed by atoms with van der Waals surface area (Å²) >= 11 is 0. The molecule has 1 aliphatic rings. The summed E-state index contributed by atoms with van der Waals surface area (Å²) in [6.07, 6.45) is 2.55. The number of nitrogens with zero attached hydrogens (tertiary/aromatic N) is 3. The van der Waals surface area contributed by atoms with Crippen molar-refractivity contribution in [3.63, 3.8) is 0 Å². The molecule has 3 rings (SSSR count). The summed E-state index contributed by atoms with van der Waals surface area (Å²) in [7, 11) is 0. The van der Waals surface area contributed by atoms with E-state index in [4.69, 9.17) is 5.73 Å². The standard InChI is InChI=1S/C12H11FN4O2/c13-7-4-5-10(11(6-7)17(18)19)16-9-3-1-2-8(9)12(14)15-16/h4-6H,1-3H2,(H2,14,15). The van der Waals surface area contributed by atoms with Crippen LogP contribution in [0.15, 0.2) is 18.2 Å². The Kier molecular flexibility index (Phi) is 2.48. The van der Waals surface area contributed by atoms with Gasteiger partial charge in [-0.2, -0.15) is 0 Å². The highest BCUT2D eigenvalue weighted by atomic mass is 19.1. The second-order valence-electron chi connectivity index (χ2n) is 4.47. The van der Waals surface area contributed by atoms with Crippen LogP contribution in [0.1, 0.15) is 17.7 Å². The summed E-state index contributed by atoms with van der Waals surface area (Å²) in [5, 5.41) is 15.2. The van der Waals surface area contributed by atoms with Crippen molar-refractivity contribution in [2.75, 3.05) is 5.73 Å². The maximum atomic E-state index is 13.1. The van der Waals surface area contributed by atoms with E-state index in [0.717, 1.165) is 36.6 Å². The molecule has 1 heterocycles. The molecule has 7 heteroatoms. The van der Waals surface area contributed by atoms with E-state index >= 15 is 0 Å². The van der Waals surface area contributed by atoms with Gasteiger partial charge >= 0.3 is 0 Å². The Hall–Kier alpha value is -2.44. The molecule has 0 spiro atoms. The molecule has 0 unspecified atom stereocenters. The van der Waals surface area contributed by atoms with E-state index < -0.39 is 10.7 Å². The SMILES string of the molecule is Nc1nn(-c2ccc(F)cc2[N+](=O)[O-])c2c1CCC2. The zero-order valence-corrected chi connectivity index (χ0v) is 9.97. The molecule has 2 aromatic rings. The third-order valence-corrected chi connectivity index (χ3v) is 3.32. The van der Waals surface area contributed by atoms with Crippen LogP contribution in [-0.4, -0.2) is 14.7 Å². The van der Waals surface area contributed by atoms with Gasteiger partial charge in [0.25, 0.3) is 5.69 Å². The number of benzene rings is 1. The van der Waals surface area contributed by atoms with Gasteiger partial charge in [0.15, 0.2) is 0 Å². The van der Waals surface area contributed by atoms with Crippen molar-refractivity contribution >= 4 is 11.5 Å². The number of hydrogen-bond acceptors (Lipinski definition) is 4. The maximum Gasteiger partial charge on any atom is 0.297 e. The third kappa shape index (κ3) is 1.74. The predicted octanol–water partition coefficient (Wildman–Crippen LogP) is 1.99. The highest BCUT2D eigenvalue weighted by Gasteiger charge is 2.25. The fourth-order valence-corrected chi connectivity index (χ4v) is 2.49. The van der Waals surface area contributed by atoms with Crippen molar-refractivity contribution in [2.45, 2.75) is 19.3 Å². The minimum atomic E-state index is -0.646. The van der Waals surface area contributed by atoms with Gasteiger partial charge in [0.2, 0.25) is 0 Å². The Labute approximate surface area is 107 Å². The Morgan fingerprint density at radius 3 is 2.95 bits per heavy atom. The summed E-state index contributed by atoms with van der Waals surface area (Å²) in [5.74, 6) is -0.252. The van der Waals surface area contributed by atoms with Gasteiger partial charge in [-0.3, -0.25) is 10.1 Å². The van der Waals surface area contributed by atoms with Crippen LogP contribution in [0.3, 0.4) is 0 Å². The summed E-state index contributed by atoms with van der Waals surface area (Å²) in [6, 6.07) is 3.44. The minimum absolute atomic E-state index is 0.251. The largest absolute Gasteiger partial charge is 0.382 e. The lowest BCUT2D eigenvalue weighted by atomic mass is 10.2. The molecule has 0 bridgehead atoms. The molecule has 0 amide bonds. The average molecular weight is 262 g/mol. The fourth-order valence-electron chi connectivity index (χ4n) is 2.49. The number of fused-ring (bicyclic) bond motifs is 1. The van der Waals surface area contributed by atoms with Crippen molar-refractivity contribution in [3.05, 3.63) is 45.4 Å². The maximum absolute atomic E-state index is 13.1. The second kappa shape index (κ2) is 4.04. The van der Waals surface area contributed by atoms with Gasteiger partial charge in [-0.25, -0.2) is 9.07 Å². The minimum Gasteiger partial charge on any atom is -0.382 e. The van der Waals surface area contributed by atoms with Crippen LogP contribution in [0.25, 0.3) is 5.69 Å². The molecule has 19 heavy (non-hydrogen) atoms. The molecule has 1 aromatic heterocycles. The van der Waals surface area contributed by atoms with Crippen molar-refractivity contribution in [1.82, 2.24) is 9.78 Å². The van der Waals surface area contributed by atoms with E-state index in [1.54, 1.807) is 0 Å². The summed E-state index contributed by atoms with van der Waals surface area (Å²) in [6.45, 7) is 0. The summed E-state index contributed by atoms with van der Waals surface area (Å²) in [5.41, 5.74) is 7.58. The fraction of sp³-hybridized carbons (Fsp3) is 0.250. The average Bonchev–Trinajstić information content (AvgIpc) is 2.94. The first-order chi connectivity index (χ1) is 9.08. The van der Waals surface area contributed by atoms with Crippen LogP contribution in [-0.2, 0) is 12.8 Å². The Bertz CT molecular complexity index is 681. The molecule has 0 saturated heterocycles. The van der Waals surface area contributed by atoms with Crippen LogP contribution in [0, 0.1) is 15.9 Å². The summed E-state index contributed by atoms with van der Waals surface area (Å²) in [4.78, 5) is 10.4. The van der Waals surface area contributed by atoms with Crippen LogP contribution < -0.4 is 5.73 Å². The number of hydrogen-bond donors (Lipinski definition) is 1. The molecule has 0 saturated carbocycles. The lowest BCUT2D eigenvalue weighted by Crippen LogP contribution is -2.05. The van der Waals surface area contributed by atoms with E-state index in [1.807, 2.05) is 0 Å². The third-order valence-electron chi connectivity index (χ3n) is 3.32. The monoisotopic (exact) mass is 262 g/mol. The molecule has 0 aliphatic heterocycles. The molecular formula is C12H11FN4O2. The molecule has 1 aliphatic carbocycles. The van der Waals surface area contributed by atoms with E-state index in [9.17, 15) is 14.5 Å². The first-order valence-corrected chi connectivity index (χ1v) is 5.88. The van der Waals surface area contributed by atoms with Crippen molar-refractivity contribution in [2.24, 2.45) is 0 Å². The molecule has 0 radical (unpaired) electrons. The van der Waals surface area contributed by atoms with E-state index in [0.29, 0.717) is 5.82 Å². The van der Waals surface area contributed by atoms with Gasteiger partial charge in [0, 0.05) is 11.3 Å². The molecule has 6 nitrogen and oxygen atoms in total. The lowest BCUT2D eigenvalue weighted by Gasteiger charge is -2.06. The first kappa shape index (κ1) is 11.6. The van der Waals surface area contributed by atoms with Gasteiger partial charge in [-0.05, 0) is 31.4 Å². The van der Waals surface area contributed by atoms with E-state index in [1.165, 1.54) is 16.8 Å². The molecule has 98 valence electrons. The van der Waals surface area contributed by atoms with Crippen LogP contribution in [0.5, 0.6) is 0 Å². The van der Waals surface area contributed by atoms with E-state index in [2.05, 4.69) is 5.10 Å². The molecule has 2 N–H and O–H groups in total. The number of nitrogen functional groups attached to an aromatic ring is 1. The lowest BCUT2D eigenvalue weighted by molar-refractivity contribution is -0.384. The Morgan fingerprint density at radius 1 is 1.42 bits per heavy atom. The molecule has 0 fully saturated rings. The molecular weight excluding hydrogens is 251 g/mol. The highest BCUT2D eigenvalue weighted by molar-refractivity contribution is 5.56. The van der Waals surface area contributed by atoms with Gasteiger partial charge in [-0.1, -0.05) is 0 Å². The number of nitro benzene ring substituents is 1. The van der Waals surface area contributed by atoms with Gasteiger partial charge in [0.1, 0.15) is 17.3 Å². The van der Waals surface area contributed by atoms with Crippen molar-refractivity contribution in [1.29, 1.82) is 0 Å². The van der Waals surface area contributed by atoms with Crippen molar-refractivity contribution in [3.8, 4) is 5.69 Å². The highest BCUT2D eigenvalue weighted by Crippen LogP contribution is 2.32. The van der Waals surface area contributed by atoms with Crippen molar-refractivity contribution < 1.29 is 9.31 Å². The normalized spacial score (nSPS) is 13.5. The van der Waals surface area contributed by atoms with Crippen LogP contribution >= 0.6 is 0 Å². The van der Waals surface area contributed by atoms with Crippen LogP contribution in [0.4, 0.5) is 15.9 Å². The number of rotatable bonds is 2. The number of nitro groups is 1. The molecule has 0 atom stereocenters. The quantitative estimate of drug-likeness (QED) is 0.662. The number of aromatic nitrogens is 2. The smallest absolute Gasteiger partial charge is 0.297 e.